The van der Waals surface area contributed by atoms with E-state index in [1.807, 2.05) is 0 Å². The molecular formula is C14H14F2N2O. The maximum absolute atomic E-state index is 14.2. The number of hydrogen-bond donors (Lipinski definition) is 1. The van der Waals surface area contributed by atoms with Crippen LogP contribution in [0.2, 0.25) is 0 Å². The molecule has 0 radical (unpaired) electrons. The first-order valence-electron chi connectivity index (χ1n) is 6.35. The summed E-state index contributed by atoms with van der Waals surface area (Å²) < 4.78 is 33.1. The number of hydrogen-bond acceptors (Lipinski definition) is 2. The van der Waals surface area contributed by atoms with E-state index in [1.54, 1.807) is 18.2 Å². The van der Waals surface area contributed by atoms with Gasteiger partial charge in [-0.25, -0.2) is 0 Å². The van der Waals surface area contributed by atoms with Gasteiger partial charge in [-0.15, -0.1) is 0 Å². The maximum Gasteiger partial charge on any atom is 0.446 e. The summed E-state index contributed by atoms with van der Waals surface area (Å²) in [6, 6.07) is 8.08. The number of aryl methyl sites for hydroxylation is 1. The number of benzene rings is 1. The third-order valence-electron chi connectivity index (χ3n) is 3.32. The van der Waals surface area contributed by atoms with Gasteiger partial charge in [-0.2, -0.15) is 13.9 Å². The summed E-state index contributed by atoms with van der Waals surface area (Å²) in [7, 11) is 0. The van der Waals surface area contributed by atoms with Crippen LogP contribution in [-0.4, -0.2) is 10.2 Å². The molecule has 5 heteroatoms. The molecule has 1 aromatic carbocycles. The number of ether oxygens (including phenoxy) is 1. The van der Waals surface area contributed by atoms with Crippen LogP contribution < -0.4 is 4.74 Å². The van der Waals surface area contributed by atoms with Crippen molar-refractivity contribution in [3.05, 3.63) is 47.3 Å². The van der Waals surface area contributed by atoms with Gasteiger partial charge in [-0.3, -0.25) is 5.10 Å². The fourth-order valence-corrected chi connectivity index (χ4v) is 2.41. The van der Waals surface area contributed by atoms with Gasteiger partial charge in [0.25, 0.3) is 0 Å². The Morgan fingerprint density at radius 3 is 2.63 bits per heavy atom. The SMILES string of the molecule is FC(F)(Oc1ccccc1)c1n[nH]c2c1CCCC2. The summed E-state index contributed by atoms with van der Waals surface area (Å²) in [5.41, 5.74) is 1.16. The Bertz CT molecular complexity index is 566. The molecule has 0 spiro atoms. The molecule has 0 amide bonds. The van der Waals surface area contributed by atoms with E-state index in [9.17, 15) is 8.78 Å². The minimum atomic E-state index is -3.40. The number of alkyl halides is 2. The first kappa shape index (κ1) is 12.1. The number of nitrogens with one attached hydrogen (secondary N) is 1. The van der Waals surface area contributed by atoms with Crippen molar-refractivity contribution in [3.8, 4) is 5.75 Å². The van der Waals surface area contributed by atoms with E-state index in [-0.39, 0.29) is 11.4 Å². The highest BCUT2D eigenvalue weighted by atomic mass is 19.3. The third-order valence-corrected chi connectivity index (χ3v) is 3.32. The fourth-order valence-electron chi connectivity index (χ4n) is 2.41. The van der Waals surface area contributed by atoms with Crippen LogP contribution in [-0.2, 0) is 19.0 Å². The van der Waals surface area contributed by atoms with Gasteiger partial charge in [-0.1, -0.05) is 18.2 Å². The second-order valence-electron chi connectivity index (χ2n) is 4.67. The highest BCUT2D eigenvalue weighted by Gasteiger charge is 2.41. The van der Waals surface area contributed by atoms with Crippen LogP contribution >= 0.6 is 0 Å². The lowest BCUT2D eigenvalue weighted by Crippen LogP contribution is -2.24. The topological polar surface area (TPSA) is 37.9 Å². The monoisotopic (exact) mass is 264 g/mol. The minimum Gasteiger partial charge on any atom is -0.428 e. The molecule has 0 aliphatic heterocycles. The number of halogens is 2. The molecule has 0 saturated heterocycles. The second-order valence-corrected chi connectivity index (χ2v) is 4.67. The normalized spacial score (nSPS) is 15.1. The molecule has 0 fully saturated rings. The molecule has 0 unspecified atom stereocenters. The summed E-state index contributed by atoms with van der Waals surface area (Å²) in [4.78, 5) is 0. The Morgan fingerprint density at radius 1 is 1.11 bits per heavy atom. The number of rotatable bonds is 3. The van der Waals surface area contributed by atoms with Crippen molar-refractivity contribution in [2.45, 2.75) is 31.8 Å². The van der Waals surface area contributed by atoms with Crippen LogP contribution in [0, 0.1) is 0 Å². The lowest BCUT2D eigenvalue weighted by molar-refractivity contribution is -0.189. The molecule has 0 atom stereocenters. The lowest BCUT2D eigenvalue weighted by atomic mass is 9.96. The molecule has 2 aromatic rings. The number of aromatic amines is 1. The highest BCUT2D eigenvalue weighted by Crippen LogP contribution is 2.35. The van der Waals surface area contributed by atoms with Gasteiger partial charge in [0.15, 0.2) is 5.69 Å². The zero-order valence-electron chi connectivity index (χ0n) is 10.3. The van der Waals surface area contributed by atoms with E-state index in [0.717, 1.165) is 25.0 Å². The van der Waals surface area contributed by atoms with Gasteiger partial charge in [0.1, 0.15) is 5.75 Å². The van der Waals surface area contributed by atoms with E-state index in [2.05, 4.69) is 10.2 Å². The quantitative estimate of drug-likeness (QED) is 0.922. The van der Waals surface area contributed by atoms with Gasteiger partial charge in [0, 0.05) is 11.3 Å². The number of fused-ring (bicyclic) bond motifs is 1. The molecule has 1 aliphatic carbocycles. The van der Waals surface area contributed by atoms with Crippen LogP contribution in [0.4, 0.5) is 8.78 Å². The van der Waals surface area contributed by atoms with Crippen molar-refractivity contribution in [2.75, 3.05) is 0 Å². The largest absolute Gasteiger partial charge is 0.446 e. The van der Waals surface area contributed by atoms with Gasteiger partial charge in [0.05, 0.1) is 0 Å². The molecule has 100 valence electrons. The predicted molar refractivity (Wildman–Crippen MR) is 66.2 cm³/mol. The summed E-state index contributed by atoms with van der Waals surface area (Å²) >= 11 is 0. The molecule has 19 heavy (non-hydrogen) atoms. The summed E-state index contributed by atoms with van der Waals surface area (Å²) in [5.74, 6) is 0.139. The Morgan fingerprint density at radius 2 is 1.84 bits per heavy atom. The molecule has 1 aliphatic rings. The van der Waals surface area contributed by atoms with Crippen LogP contribution in [0.1, 0.15) is 29.8 Å². The average molecular weight is 264 g/mol. The van der Waals surface area contributed by atoms with Crippen LogP contribution in [0.15, 0.2) is 30.3 Å². The molecule has 0 saturated carbocycles. The summed E-state index contributed by atoms with van der Waals surface area (Å²) in [6.45, 7) is 0. The maximum atomic E-state index is 14.2. The molecular weight excluding hydrogens is 250 g/mol. The van der Waals surface area contributed by atoms with Gasteiger partial charge >= 0.3 is 6.11 Å². The van der Waals surface area contributed by atoms with E-state index < -0.39 is 6.11 Å². The van der Waals surface area contributed by atoms with Gasteiger partial charge in [0.2, 0.25) is 0 Å². The lowest BCUT2D eigenvalue weighted by Gasteiger charge is -2.18. The standard InChI is InChI=1S/C14H14F2N2O/c15-14(16,19-10-6-2-1-3-7-10)13-11-8-4-5-9-12(11)17-18-13/h1-3,6-7H,4-5,8-9H2,(H,17,18). The molecule has 1 aromatic heterocycles. The zero-order chi connectivity index (χ0) is 13.3. The van der Waals surface area contributed by atoms with E-state index in [0.29, 0.717) is 12.0 Å². The van der Waals surface area contributed by atoms with E-state index >= 15 is 0 Å². The van der Waals surface area contributed by atoms with Crippen molar-refractivity contribution >= 4 is 0 Å². The zero-order valence-corrected chi connectivity index (χ0v) is 10.3. The number of nitrogens with zero attached hydrogens (tertiary/aromatic N) is 1. The first-order chi connectivity index (χ1) is 9.17. The van der Waals surface area contributed by atoms with Crippen LogP contribution in [0.25, 0.3) is 0 Å². The number of para-hydroxylation sites is 1. The Hall–Kier alpha value is -1.91. The average Bonchev–Trinajstić information content (AvgIpc) is 2.84. The fraction of sp³-hybridized carbons (Fsp3) is 0.357. The smallest absolute Gasteiger partial charge is 0.428 e. The molecule has 1 N–H and O–H groups in total. The third kappa shape index (κ3) is 2.32. The van der Waals surface area contributed by atoms with Crippen molar-refractivity contribution in [2.24, 2.45) is 0 Å². The molecule has 3 nitrogen and oxygen atoms in total. The van der Waals surface area contributed by atoms with Crippen molar-refractivity contribution < 1.29 is 13.5 Å². The number of aromatic nitrogens is 2. The Labute approximate surface area is 109 Å². The van der Waals surface area contributed by atoms with Crippen molar-refractivity contribution in [3.63, 3.8) is 0 Å². The number of H-pyrrole nitrogens is 1. The predicted octanol–water partition coefficient (Wildman–Crippen LogP) is 3.42. The van der Waals surface area contributed by atoms with Gasteiger partial charge in [-0.05, 0) is 37.8 Å². The summed E-state index contributed by atoms with van der Waals surface area (Å²) in [5, 5.41) is 6.47. The van der Waals surface area contributed by atoms with Crippen LogP contribution in [0.3, 0.4) is 0 Å². The van der Waals surface area contributed by atoms with Crippen molar-refractivity contribution in [1.82, 2.24) is 10.2 Å². The second kappa shape index (κ2) is 4.64. The van der Waals surface area contributed by atoms with E-state index in [1.165, 1.54) is 12.1 Å². The summed E-state index contributed by atoms with van der Waals surface area (Å²) in [6.07, 6.45) is -0.0534. The first-order valence-corrected chi connectivity index (χ1v) is 6.35. The molecule has 1 heterocycles. The molecule has 0 bridgehead atoms. The Kier molecular flexibility index (Phi) is 2.97. The van der Waals surface area contributed by atoms with Crippen molar-refractivity contribution in [1.29, 1.82) is 0 Å². The molecule has 3 rings (SSSR count). The highest BCUT2D eigenvalue weighted by molar-refractivity contribution is 5.31. The Balaban J connectivity index is 1.90. The van der Waals surface area contributed by atoms with E-state index in [4.69, 9.17) is 4.74 Å². The van der Waals surface area contributed by atoms with Crippen LogP contribution in [0.5, 0.6) is 5.75 Å². The minimum absolute atomic E-state index is 0.139. The van der Waals surface area contributed by atoms with Gasteiger partial charge < -0.3 is 4.74 Å².